The summed E-state index contributed by atoms with van der Waals surface area (Å²) in [4.78, 5) is 24.9. The Morgan fingerprint density at radius 3 is 2.54 bits per heavy atom. The normalized spacial score (nSPS) is 19.1. The van der Waals surface area contributed by atoms with Crippen LogP contribution in [0, 0.1) is 0 Å². The first-order chi connectivity index (χ1) is 16.7. The van der Waals surface area contributed by atoms with Crippen LogP contribution in [0.2, 0.25) is 15.1 Å². The minimum atomic E-state index is -0.708. The summed E-state index contributed by atoms with van der Waals surface area (Å²) in [7, 11) is 0. The number of halogens is 3. The summed E-state index contributed by atoms with van der Waals surface area (Å²) < 4.78 is 5.81. The van der Waals surface area contributed by atoms with E-state index in [1.807, 2.05) is 32.0 Å². The van der Waals surface area contributed by atoms with Crippen LogP contribution in [0.3, 0.4) is 0 Å². The number of carbonyl (C=O) groups excluding carboxylic acids is 1. The van der Waals surface area contributed by atoms with Gasteiger partial charge in [-0.15, -0.1) is 0 Å². The van der Waals surface area contributed by atoms with Gasteiger partial charge in [-0.1, -0.05) is 40.9 Å². The van der Waals surface area contributed by atoms with Crippen LogP contribution in [-0.2, 0) is 16.0 Å². The number of hydrogen-bond acceptors (Lipinski definition) is 5. The fourth-order valence-electron chi connectivity index (χ4n) is 4.40. The number of nitrogens with zero attached hydrogens (tertiary/aromatic N) is 3. The fraction of sp³-hybridized carbons (Fsp3) is 0.269. The molecule has 1 aromatic heterocycles. The lowest BCUT2D eigenvalue weighted by Crippen LogP contribution is -2.39. The molecule has 2 aliphatic rings. The number of aliphatic imine (C=N–C) groups is 1. The minimum Gasteiger partial charge on any atom is -0.354 e. The van der Waals surface area contributed by atoms with Crippen molar-refractivity contribution in [3.63, 3.8) is 0 Å². The maximum Gasteiger partial charge on any atom is 0.249 e. The molecule has 2 aliphatic heterocycles. The predicted molar refractivity (Wildman–Crippen MR) is 141 cm³/mol. The molecule has 1 atom stereocenters. The number of amides is 1. The standard InChI is InChI=1S/C26H23Cl3N4O2/c1-26(2)33(9-10-35-26)23-8-4-16(14-30-23)24-19-12-17(27)6-7-21(19)32-25(34)22(31-24)11-15-3-5-18(28)13-20(15)29/h3-8,12-14,22H,9-11H2,1-2H3,(H,32,34). The zero-order valence-corrected chi connectivity index (χ0v) is 21.5. The predicted octanol–water partition coefficient (Wildman–Crippen LogP) is 6.02. The molecule has 0 bridgehead atoms. The Labute approximate surface area is 218 Å². The van der Waals surface area contributed by atoms with E-state index in [1.165, 1.54) is 0 Å². The smallest absolute Gasteiger partial charge is 0.249 e. The number of fused-ring (bicyclic) bond motifs is 1. The molecule has 35 heavy (non-hydrogen) atoms. The molecule has 1 saturated heterocycles. The number of ether oxygens (including phenoxy) is 1. The second-order valence-corrected chi connectivity index (χ2v) is 10.2. The molecule has 1 unspecified atom stereocenters. The highest BCUT2D eigenvalue weighted by molar-refractivity contribution is 6.35. The summed E-state index contributed by atoms with van der Waals surface area (Å²) in [5, 5.41) is 4.57. The van der Waals surface area contributed by atoms with Gasteiger partial charge in [-0.2, -0.15) is 0 Å². The Kier molecular flexibility index (Phi) is 6.49. The van der Waals surface area contributed by atoms with Gasteiger partial charge in [0, 0.05) is 45.4 Å². The Hall–Kier alpha value is -2.64. The maximum absolute atomic E-state index is 13.2. The topological polar surface area (TPSA) is 66.8 Å². The number of anilines is 2. The summed E-state index contributed by atoms with van der Waals surface area (Å²) in [5.41, 5.74) is 3.14. The van der Waals surface area contributed by atoms with Crippen molar-refractivity contribution in [2.45, 2.75) is 32.0 Å². The number of nitrogens with one attached hydrogen (secondary N) is 1. The van der Waals surface area contributed by atoms with Crippen molar-refractivity contribution in [1.29, 1.82) is 0 Å². The molecular weight excluding hydrogens is 507 g/mol. The van der Waals surface area contributed by atoms with Gasteiger partial charge in [0.2, 0.25) is 5.91 Å². The molecule has 0 spiro atoms. The highest BCUT2D eigenvalue weighted by Gasteiger charge is 2.34. The number of rotatable bonds is 4. The zero-order chi connectivity index (χ0) is 24.7. The molecule has 1 amide bonds. The highest BCUT2D eigenvalue weighted by atomic mass is 35.5. The quantitative estimate of drug-likeness (QED) is 0.449. The minimum absolute atomic E-state index is 0.227. The van der Waals surface area contributed by atoms with Gasteiger partial charge in [0.15, 0.2) is 0 Å². The number of benzene rings is 2. The molecule has 6 nitrogen and oxygen atoms in total. The van der Waals surface area contributed by atoms with Crippen LogP contribution in [0.5, 0.6) is 0 Å². The van der Waals surface area contributed by atoms with Crippen LogP contribution in [-0.4, -0.2) is 41.5 Å². The number of benzodiazepines with no additional fused rings is 1. The summed E-state index contributed by atoms with van der Waals surface area (Å²) in [6.07, 6.45) is 2.09. The Balaban J connectivity index is 1.56. The molecule has 1 N–H and O–H groups in total. The Bertz CT molecular complexity index is 1320. The van der Waals surface area contributed by atoms with Crippen molar-refractivity contribution >= 4 is 57.9 Å². The third kappa shape index (κ3) is 4.89. The van der Waals surface area contributed by atoms with Gasteiger partial charge in [0.05, 0.1) is 18.0 Å². The lowest BCUT2D eigenvalue weighted by Gasteiger charge is -2.30. The number of aromatic nitrogens is 1. The third-order valence-corrected chi connectivity index (χ3v) is 7.05. The average Bonchev–Trinajstić information content (AvgIpc) is 3.11. The second-order valence-electron chi connectivity index (χ2n) is 8.96. The van der Waals surface area contributed by atoms with Crippen LogP contribution in [0.15, 0.2) is 59.7 Å². The Morgan fingerprint density at radius 2 is 1.86 bits per heavy atom. The summed E-state index contributed by atoms with van der Waals surface area (Å²) in [5.74, 6) is 0.589. The molecule has 0 radical (unpaired) electrons. The van der Waals surface area contributed by atoms with Gasteiger partial charge in [-0.25, -0.2) is 4.98 Å². The summed E-state index contributed by atoms with van der Waals surface area (Å²) in [6, 6.07) is 13.8. The van der Waals surface area contributed by atoms with Crippen molar-refractivity contribution in [1.82, 2.24) is 4.98 Å². The fourth-order valence-corrected chi connectivity index (χ4v) is 5.05. The van der Waals surface area contributed by atoms with E-state index in [9.17, 15) is 4.79 Å². The first kappa shape index (κ1) is 24.1. The molecule has 5 rings (SSSR count). The van der Waals surface area contributed by atoms with Crippen molar-refractivity contribution in [3.8, 4) is 0 Å². The summed E-state index contributed by atoms with van der Waals surface area (Å²) >= 11 is 18.8. The molecule has 9 heteroatoms. The molecule has 180 valence electrons. The van der Waals surface area contributed by atoms with Gasteiger partial charge in [-0.05, 0) is 61.9 Å². The van der Waals surface area contributed by atoms with Crippen LogP contribution in [0.4, 0.5) is 11.5 Å². The first-order valence-corrected chi connectivity index (χ1v) is 12.4. The van der Waals surface area contributed by atoms with E-state index < -0.39 is 11.8 Å². The van der Waals surface area contributed by atoms with Crippen molar-refractivity contribution < 1.29 is 9.53 Å². The van der Waals surface area contributed by atoms with Crippen molar-refractivity contribution in [2.24, 2.45) is 4.99 Å². The third-order valence-electron chi connectivity index (χ3n) is 6.23. The van der Waals surface area contributed by atoms with E-state index >= 15 is 0 Å². The summed E-state index contributed by atoms with van der Waals surface area (Å²) in [6.45, 7) is 5.46. The first-order valence-electron chi connectivity index (χ1n) is 11.2. The zero-order valence-electron chi connectivity index (χ0n) is 19.2. The molecule has 0 aliphatic carbocycles. The second kappa shape index (κ2) is 9.43. The van der Waals surface area contributed by atoms with Gasteiger partial charge in [-0.3, -0.25) is 9.79 Å². The number of hydrogen-bond donors (Lipinski definition) is 1. The van der Waals surface area contributed by atoms with Gasteiger partial charge in [0.1, 0.15) is 17.6 Å². The van der Waals surface area contributed by atoms with Crippen LogP contribution in [0.25, 0.3) is 0 Å². The van der Waals surface area contributed by atoms with Crippen molar-refractivity contribution in [3.05, 3.63) is 86.5 Å². The van der Waals surface area contributed by atoms with E-state index in [1.54, 1.807) is 36.5 Å². The highest BCUT2D eigenvalue weighted by Crippen LogP contribution is 2.31. The molecule has 1 fully saturated rings. The monoisotopic (exact) mass is 528 g/mol. The average molecular weight is 530 g/mol. The largest absolute Gasteiger partial charge is 0.354 e. The van der Waals surface area contributed by atoms with Gasteiger partial charge >= 0.3 is 0 Å². The van der Waals surface area contributed by atoms with Gasteiger partial charge < -0.3 is 15.0 Å². The molecular formula is C26H23Cl3N4O2. The van der Waals surface area contributed by atoms with Crippen molar-refractivity contribution in [2.75, 3.05) is 23.4 Å². The lowest BCUT2D eigenvalue weighted by atomic mass is 10.0. The number of carbonyl (C=O) groups is 1. The molecule has 2 aromatic carbocycles. The maximum atomic E-state index is 13.2. The molecule has 3 heterocycles. The van der Waals surface area contributed by atoms with Crippen LogP contribution < -0.4 is 10.2 Å². The van der Waals surface area contributed by atoms with E-state index in [-0.39, 0.29) is 5.91 Å². The lowest BCUT2D eigenvalue weighted by molar-refractivity contribution is -0.117. The van der Waals surface area contributed by atoms with Crippen LogP contribution >= 0.6 is 34.8 Å². The Morgan fingerprint density at radius 1 is 1.09 bits per heavy atom. The van der Waals surface area contributed by atoms with Crippen LogP contribution in [0.1, 0.15) is 30.5 Å². The van der Waals surface area contributed by atoms with E-state index in [0.29, 0.717) is 39.5 Å². The van der Waals surface area contributed by atoms with Gasteiger partial charge in [0.25, 0.3) is 0 Å². The number of pyridine rings is 1. The van der Waals surface area contributed by atoms with E-state index in [0.717, 1.165) is 29.1 Å². The molecule has 3 aromatic rings. The SMILES string of the molecule is CC1(C)OCCN1c1ccc(C2=NC(Cc3ccc(Cl)cc3Cl)C(=O)Nc3ccc(Cl)cc32)cn1. The van der Waals surface area contributed by atoms with E-state index in [2.05, 4.69) is 10.2 Å². The van der Waals surface area contributed by atoms with E-state index in [4.69, 9.17) is 49.5 Å². The molecule has 0 saturated carbocycles.